The van der Waals surface area contributed by atoms with Gasteiger partial charge in [-0.25, -0.2) is 0 Å². The Morgan fingerprint density at radius 3 is 2.48 bits per heavy atom. The average Bonchev–Trinajstić information content (AvgIpc) is 2.86. The molecule has 25 heavy (non-hydrogen) atoms. The number of carbonyl (C=O) groups excluding carboxylic acids is 1. The molecule has 0 amide bonds. The summed E-state index contributed by atoms with van der Waals surface area (Å²) in [4.78, 5) is 12.6. The molecule has 1 aromatic heterocycles. The summed E-state index contributed by atoms with van der Waals surface area (Å²) in [6.07, 6.45) is 0.832. The van der Waals surface area contributed by atoms with Gasteiger partial charge in [0.25, 0.3) is 0 Å². The first kappa shape index (κ1) is 19.3. The predicted molar refractivity (Wildman–Crippen MR) is 103 cm³/mol. The van der Waals surface area contributed by atoms with Gasteiger partial charge in [0.2, 0.25) is 0 Å². The van der Waals surface area contributed by atoms with E-state index in [9.17, 15) is 4.79 Å². The van der Waals surface area contributed by atoms with Gasteiger partial charge >= 0.3 is 0 Å². The zero-order valence-corrected chi connectivity index (χ0v) is 16.3. The second kappa shape index (κ2) is 7.87. The molecule has 0 saturated heterocycles. The first-order valence-electron chi connectivity index (χ1n) is 8.81. The SMILES string of the molecule is COc1ccccc1CCNCC(=O)c1cc(C)n(C(C)(C)C)c1C. The summed E-state index contributed by atoms with van der Waals surface area (Å²) in [5, 5.41) is 3.26. The highest BCUT2D eigenvalue weighted by atomic mass is 16.5. The Morgan fingerprint density at radius 2 is 1.88 bits per heavy atom. The van der Waals surface area contributed by atoms with E-state index in [1.54, 1.807) is 7.11 Å². The van der Waals surface area contributed by atoms with Crippen LogP contribution in [-0.2, 0) is 12.0 Å². The molecule has 0 bridgehead atoms. The van der Waals surface area contributed by atoms with E-state index in [-0.39, 0.29) is 11.3 Å². The fraction of sp³-hybridized carbons (Fsp3) is 0.476. The number of para-hydroxylation sites is 1. The second-order valence-corrected chi connectivity index (χ2v) is 7.45. The maximum atomic E-state index is 12.6. The minimum absolute atomic E-state index is 0.0238. The summed E-state index contributed by atoms with van der Waals surface area (Å²) in [5.74, 6) is 1.04. The highest BCUT2D eigenvalue weighted by Gasteiger charge is 2.22. The Bertz CT molecular complexity index is 739. The van der Waals surface area contributed by atoms with E-state index in [4.69, 9.17) is 4.74 Å². The lowest BCUT2D eigenvalue weighted by atomic mass is 10.1. The van der Waals surface area contributed by atoms with Gasteiger partial charge in [0.15, 0.2) is 5.78 Å². The van der Waals surface area contributed by atoms with Gasteiger partial charge in [-0.15, -0.1) is 0 Å². The maximum Gasteiger partial charge on any atom is 0.178 e. The molecule has 0 saturated carbocycles. The van der Waals surface area contributed by atoms with E-state index in [0.717, 1.165) is 41.2 Å². The van der Waals surface area contributed by atoms with Crippen LogP contribution in [0.3, 0.4) is 0 Å². The van der Waals surface area contributed by atoms with Crippen LogP contribution in [0, 0.1) is 13.8 Å². The Hall–Kier alpha value is -2.07. The third-order valence-electron chi connectivity index (χ3n) is 4.45. The van der Waals surface area contributed by atoms with Crippen LogP contribution in [0.15, 0.2) is 30.3 Å². The Labute approximate surface area is 151 Å². The van der Waals surface area contributed by atoms with Crippen molar-refractivity contribution in [1.29, 1.82) is 0 Å². The van der Waals surface area contributed by atoms with E-state index < -0.39 is 0 Å². The van der Waals surface area contributed by atoms with E-state index >= 15 is 0 Å². The van der Waals surface area contributed by atoms with Crippen molar-refractivity contribution in [2.24, 2.45) is 0 Å². The molecule has 0 spiro atoms. The third kappa shape index (κ3) is 4.51. The number of ether oxygens (including phenoxy) is 1. The van der Waals surface area contributed by atoms with Crippen molar-refractivity contribution < 1.29 is 9.53 Å². The molecule has 1 N–H and O–H groups in total. The Balaban J connectivity index is 1.95. The fourth-order valence-electron chi connectivity index (χ4n) is 3.51. The summed E-state index contributed by atoms with van der Waals surface area (Å²) in [6, 6.07) is 9.99. The van der Waals surface area contributed by atoms with E-state index in [1.165, 1.54) is 0 Å². The molecule has 1 heterocycles. The Kier molecular flexibility index (Phi) is 6.07. The van der Waals surface area contributed by atoms with Crippen LogP contribution in [0.2, 0.25) is 0 Å². The fourth-order valence-corrected chi connectivity index (χ4v) is 3.51. The van der Waals surface area contributed by atoms with Crippen molar-refractivity contribution in [3.05, 3.63) is 52.8 Å². The number of benzene rings is 1. The lowest BCUT2D eigenvalue weighted by Crippen LogP contribution is -2.27. The van der Waals surface area contributed by atoms with Crippen LogP contribution in [0.4, 0.5) is 0 Å². The van der Waals surface area contributed by atoms with Crippen molar-refractivity contribution in [1.82, 2.24) is 9.88 Å². The normalized spacial score (nSPS) is 11.6. The van der Waals surface area contributed by atoms with Crippen LogP contribution in [0.5, 0.6) is 5.75 Å². The third-order valence-corrected chi connectivity index (χ3v) is 4.45. The van der Waals surface area contributed by atoms with Crippen LogP contribution < -0.4 is 10.1 Å². The number of aromatic nitrogens is 1. The van der Waals surface area contributed by atoms with E-state index in [0.29, 0.717) is 6.54 Å². The van der Waals surface area contributed by atoms with Crippen LogP contribution in [0.25, 0.3) is 0 Å². The van der Waals surface area contributed by atoms with Gasteiger partial charge in [-0.1, -0.05) is 18.2 Å². The van der Waals surface area contributed by atoms with Crippen LogP contribution in [0.1, 0.15) is 48.1 Å². The molecule has 2 rings (SSSR count). The van der Waals surface area contributed by atoms with Crippen molar-refractivity contribution in [3.63, 3.8) is 0 Å². The zero-order valence-electron chi connectivity index (χ0n) is 16.3. The molecular weight excluding hydrogens is 312 g/mol. The molecule has 0 radical (unpaired) electrons. The minimum Gasteiger partial charge on any atom is -0.496 e. The molecule has 0 atom stereocenters. The number of methoxy groups -OCH3 is 1. The molecule has 2 aromatic rings. The molecule has 0 unspecified atom stereocenters. The number of aryl methyl sites for hydroxylation is 1. The van der Waals surface area contributed by atoms with Gasteiger partial charge in [-0.2, -0.15) is 0 Å². The highest BCUT2D eigenvalue weighted by Crippen LogP contribution is 2.24. The summed E-state index contributed by atoms with van der Waals surface area (Å²) in [5.41, 5.74) is 4.11. The number of nitrogens with zero attached hydrogens (tertiary/aromatic N) is 1. The summed E-state index contributed by atoms with van der Waals surface area (Å²) < 4.78 is 7.59. The molecule has 4 nitrogen and oxygen atoms in total. The number of Topliss-reactive ketones (excluding diaryl/α,β-unsaturated/α-hetero) is 1. The standard InChI is InChI=1S/C21H30N2O2/c1-15-13-18(16(2)23(15)21(3,4)5)19(24)14-22-12-11-17-9-7-8-10-20(17)25-6/h7-10,13,22H,11-12,14H2,1-6H3. The largest absolute Gasteiger partial charge is 0.496 e. The van der Waals surface area contributed by atoms with Gasteiger partial charge in [0.1, 0.15) is 5.75 Å². The lowest BCUT2D eigenvalue weighted by Gasteiger charge is -2.25. The predicted octanol–water partition coefficient (Wildman–Crippen LogP) is 3.88. The second-order valence-electron chi connectivity index (χ2n) is 7.45. The molecular formula is C21H30N2O2. The number of ketones is 1. The van der Waals surface area contributed by atoms with Gasteiger partial charge in [0.05, 0.1) is 13.7 Å². The van der Waals surface area contributed by atoms with Crippen molar-refractivity contribution in [2.75, 3.05) is 20.2 Å². The molecule has 0 aliphatic heterocycles. The summed E-state index contributed by atoms with van der Waals surface area (Å²) >= 11 is 0. The molecule has 0 aliphatic rings. The van der Waals surface area contributed by atoms with Gasteiger partial charge in [-0.05, 0) is 65.3 Å². The minimum atomic E-state index is -0.0238. The topological polar surface area (TPSA) is 43.3 Å². The van der Waals surface area contributed by atoms with Gasteiger partial charge < -0.3 is 14.6 Å². The first-order valence-corrected chi connectivity index (χ1v) is 8.81. The Morgan fingerprint density at radius 1 is 1.20 bits per heavy atom. The molecule has 0 fully saturated rings. The van der Waals surface area contributed by atoms with E-state index in [1.807, 2.05) is 31.2 Å². The molecule has 136 valence electrons. The van der Waals surface area contributed by atoms with Crippen molar-refractivity contribution in [3.8, 4) is 5.75 Å². The monoisotopic (exact) mass is 342 g/mol. The lowest BCUT2D eigenvalue weighted by molar-refractivity contribution is 0.0990. The van der Waals surface area contributed by atoms with Crippen molar-refractivity contribution in [2.45, 2.75) is 46.6 Å². The molecule has 4 heteroatoms. The van der Waals surface area contributed by atoms with Gasteiger partial charge in [0, 0.05) is 22.5 Å². The summed E-state index contributed by atoms with van der Waals surface area (Å²) in [7, 11) is 1.68. The zero-order chi connectivity index (χ0) is 18.6. The van der Waals surface area contributed by atoms with Gasteiger partial charge in [-0.3, -0.25) is 4.79 Å². The van der Waals surface area contributed by atoms with E-state index in [2.05, 4.69) is 43.6 Å². The number of nitrogens with one attached hydrogen (secondary N) is 1. The number of hydrogen-bond donors (Lipinski definition) is 1. The number of rotatable bonds is 7. The molecule has 1 aromatic carbocycles. The first-order chi connectivity index (χ1) is 11.8. The van der Waals surface area contributed by atoms with Crippen LogP contribution in [-0.4, -0.2) is 30.5 Å². The van der Waals surface area contributed by atoms with Crippen molar-refractivity contribution >= 4 is 5.78 Å². The summed E-state index contributed by atoms with van der Waals surface area (Å²) in [6.45, 7) is 11.7. The molecule has 0 aliphatic carbocycles. The smallest absolute Gasteiger partial charge is 0.178 e. The maximum absolute atomic E-state index is 12.6. The average molecular weight is 342 g/mol. The highest BCUT2D eigenvalue weighted by molar-refractivity contribution is 5.99. The van der Waals surface area contributed by atoms with Crippen LogP contribution >= 0.6 is 0 Å². The quantitative estimate of drug-likeness (QED) is 0.613. The number of carbonyl (C=O) groups is 1. The number of hydrogen-bond acceptors (Lipinski definition) is 3.